The highest BCUT2D eigenvalue weighted by molar-refractivity contribution is 6.60. The molecule has 0 aromatic heterocycles. The van der Waals surface area contributed by atoms with Crippen LogP contribution < -0.4 is 10.2 Å². The van der Waals surface area contributed by atoms with E-state index in [1.54, 1.807) is 32.1 Å². The average Bonchev–Trinajstić information content (AvgIpc) is 3.24. The van der Waals surface area contributed by atoms with E-state index in [4.69, 9.17) is 22.8 Å². The molecule has 1 aromatic rings. The number of nitrogens with one attached hydrogen (secondary N) is 1. The molecule has 43 heavy (non-hydrogen) atoms. The van der Waals surface area contributed by atoms with Gasteiger partial charge in [0.25, 0.3) is 0 Å². The first-order chi connectivity index (χ1) is 20.6. The molecule has 0 bridgehead atoms. The molecule has 1 heterocycles. The third kappa shape index (κ3) is 9.98. The monoisotopic (exact) mass is 607 g/mol. The number of anilines is 1. The fraction of sp³-hybridized carbons (Fsp3) is 0.484. The maximum atomic E-state index is 12.2. The van der Waals surface area contributed by atoms with E-state index in [0.29, 0.717) is 50.9 Å². The van der Waals surface area contributed by atoms with Gasteiger partial charge in [-0.05, 0) is 58.7 Å². The van der Waals surface area contributed by atoms with Gasteiger partial charge in [-0.25, -0.2) is 4.79 Å². The predicted molar refractivity (Wildman–Crippen MR) is 164 cm³/mol. The SMILES string of the molecule is CCO[Si](CCCNC(=O)OCCN(C)c1ccc(/C=C/C2=C(C#N)C(=C(C#N)C#N)OC2(C)C)cc1)(OCC)OCC. The number of ether oxygens (including phenoxy) is 2. The highest BCUT2D eigenvalue weighted by Crippen LogP contribution is 2.40. The molecule has 0 radical (unpaired) electrons. The van der Waals surface area contributed by atoms with E-state index < -0.39 is 20.5 Å². The van der Waals surface area contributed by atoms with E-state index >= 15 is 0 Å². The summed E-state index contributed by atoms with van der Waals surface area (Å²) in [5.74, 6) is 0.0124. The summed E-state index contributed by atoms with van der Waals surface area (Å²) in [6.45, 7) is 12.0. The quantitative estimate of drug-likeness (QED) is 0.150. The lowest BCUT2D eigenvalue weighted by atomic mass is 9.94. The fourth-order valence-electron chi connectivity index (χ4n) is 4.45. The van der Waals surface area contributed by atoms with Crippen molar-refractivity contribution in [2.75, 3.05) is 51.5 Å². The maximum Gasteiger partial charge on any atom is 0.500 e. The lowest BCUT2D eigenvalue weighted by molar-refractivity contribution is 0.0706. The van der Waals surface area contributed by atoms with Crippen molar-refractivity contribution in [2.45, 2.75) is 52.7 Å². The largest absolute Gasteiger partial charge is 0.500 e. The van der Waals surface area contributed by atoms with Crippen molar-refractivity contribution in [3.05, 3.63) is 58.4 Å². The molecular formula is C31H41N5O6Si. The van der Waals surface area contributed by atoms with Crippen LogP contribution in [0.5, 0.6) is 0 Å². The molecule has 11 nitrogen and oxygen atoms in total. The fourth-order valence-corrected chi connectivity index (χ4v) is 7.07. The molecule has 0 unspecified atom stereocenters. The van der Waals surface area contributed by atoms with Gasteiger partial charge in [0.2, 0.25) is 0 Å². The van der Waals surface area contributed by atoms with Crippen LogP contribution in [-0.2, 0) is 22.8 Å². The van der Waals surface area contributed by atoms with E-state index in [-0.39, 0.29) is 23.5 Å². The number of benzene rings is 1. The molecule has 1 N–H and O–H groups in total. The summed E-state index contributed by atoms with van der Waals surface area (Å²) < 4.78 is 28.6. The third-order valence-electron chi connectivity index (χ3n) is 6.52. The second kappa shape index (κ2) is 17.1. The summed E-state index contributed by atoms with van der Waals surface area (Å²) in [7, 11) is -0.823. The molecule has 1 aliphatic rings. The molecule has 0 aliphatic carbocycles. The molecule has 0 atom stereocenters. The first-order valence-electron chi connectivity index (χ1n) is 14.3. The molecule has 0 fully saturated rings. The highest BCUT2D eigenvalue weighted by Gasteiger charge is 2.40. The van der Waals surface area contributed by atoms with Crippen LogP contribution in [0.25, 0.3) is 6.08 Å². The van der Waals surface area contributed by atoms with Crippen molar-refractivity contribution in [3.8, 4) is 18.2 Å². The first kappa shape index (κ1) is 35.1. The van der Waals surface area contributed by atoms with Crippen LogP contribution in [0, 0.1) is 34.0 Å². The van der Waals surface area contributed by atoms with Crippen LogP contribution in [0.2, 0.25) is 6.04 Å². The number of hydrogen-bond acceptors (Lipinski definition) is 10. The number of hydrogen-bond donors (Lipinski definition) is 1. The Kier molecular flexibility index (Phi) is 14.0. The van der Waals surface area contributed by atoms with Crippen molar-refractivity contribution in [2.24, 2.45) is 0 Å². The zero-order valence-corrected chi connectivity index (χ0v) is 26.9. The number of nitriles is 3. The zero-order valence-electron chi connectivity index (χ0n) is 25.9. The van der Waals surface area contributed by atoms with Crippen LogP contribution in [0.4, 0.5) is 10.5 Å². The summed E-state index contributed by atoms with van der Waals surface area (Å²) in [5.41, 5.74) is 1.48. The van der Waals surface area contributed by atoms with Crippen LogP contribution in [0.1, 0.15) is 46.6 Å². The molecule has 230 valence electrons. The second-order valence-electron chi connectivity index (χ2n) is 9.94. The minimum atomic E-state index is -2.73. The molecular weight excluding hydrogens is 566 g/mol. The molecule has 1 aromatic carbocycles. The second-order valence-corrected chi connectivity index (χ2v) is 12.7. The van der Waals surface area contributed by atoms with E-state index in [1.165, 1.54) is 0 Å². The summed E-state index contributed by atoms with van der Waals surface area (Å²) in [4.78, 5) is 14.1. The summed E-state index contributed by atoms with van der Waals surface area (Å²) in [5, 5.41) is 30.9. The Hall–Kier alpha value is -4.12. The minimum absolute atomic E-state index is 0.0124. The van der Waals surface area contributed by atoms with Crippen LogP contribution >= 0.6 is 0 Å². The van der Waals surface area contributed by atoms with Gasteiger partial charge in [-0.15, -0.1) is 0 Å². The Morgan fingerprint density at radius 2 is 1.63 bits per heavy atom. The van der Waals surface area contributed by atoms with Crippen molar-refractivity contribution < 1.29 is 27.5 Å². The molecule has 0 saturated carbocycles. The van der Waals surface area contributed by atoms with Crippen LogP contribution in [-0.4, -0.2) is 67.1 Å². The number of nitrogens with zero attached hydrogens (tertiary/aromatic N) is 4. The Balaban J connectivity index is 1.88. The maximum absolute atomic E-state index is 12.2. The smallest absolute Gasteiger partial charge is 0.480 e. The van der Waals surface area contributed by atoms with E-state index in [0.717, 1.165) is 11.3 Å². The molecule has 2 rings (SSSR count). The number of allylic oxidation sites excluding steroid dienone is 2. The normalized spacial score (nSPS) is 14.1. The number of carbonyl (C=O) groups is 1. The van der Waals surface area contributed by atoms with Crippen LogP contribution in [0.3, 0.4) is 0 Å². The Bertz CT molecular complexity index is 1280. The van der Waals surface area contributed by atoms with E-state index in [9.17, 15) is 20.6 Å². The molecule has 1 amide bonds. The molecule has 12 heteroatoms. The lowest BCUT2D eigenvalue weighted by Gasteiger charge is -2.28. The van der Waals surface area contributed by atoms with E-state index in [2.05, 4.69) is 11.4 Å². The minimum Gasteiger partial charge on any atom is -0.480 e. The average molecular weight is 608 g/mol. The summed E-state index contributed by atoms with van der Waals surface area (Å²) >= 11 is 0. The molecule has 0 spiro atoms. The van der Waals surface area contributed by atoms with Gasteiger partial charge in [0.1, 0.15) is 36.0 Å². The number of carbonyl (C=O) groups excluding carboxylic acids is 1. The van der Waals surface area contributed by atoms with Crippen molar-refractivity contribution in [1.29, 1.82) is 15.8 Å². The summed E-state index contributed by atoms with van der Waals surface area (Å²) in [6.07, 6.45) is 3.79. The van der Waals surface area contributed by atoms with Gasteiger partial charge in [0, 0.05) is 50.7 Å². The van der Waals surface area contributed by atoms with Gasteiger partial charge >= 0.3 is 14.9 Å². The van der Waals surface area contributed by atoms with Crippen molar-refractivity contribution in [1.82, 2.24) is 5.32 Å². The predicted octanol–water partition coefficient (Wildman–Crippen LogP) is 5.23. The zero-order chi connectivity index (χ0) is 31.9. The lowest BCUT2D eigenvalue weighted by Crippen LogP contribution is -2.46. The van der Waals surface area contributed by atoms with Gasteiger partial charge in [0.15, 0.2) is 11.3 Å². The van der Waals surface area contributed by atoms with Crippen LogP contribution in [0.15, 0.2) is 52.8 Å². The van der Waals surface area contributed by atoms with Crippen molar-refractivity contribution >= 4 is 26.7 Å². The van der Waals surface area contributed by atoms with Gasteiger partial charge in [-0.3, -0.25) is 0 Å². The topological polar surface area (TPSA) is 150 Å². The summed E-state index contributed by atoms with van der Waals surface area (Å²) in [6, 6.07) is 14.0. The van der Waals surface area contributed by atoms with Gasteiger partial charge in [0.05, 0.1) is 6.54 Å². The highest BCUT2D eigenvalue weighted by atomic mass is 28.4. The number of rotatable bonds is 16. The van der Waals surface area contributed by atoms with Gasteiger partial charge in [-0.1, -0.05) is 24.3 Å². The van der Waals surface area contributed by atoms with Gasteiger partial charge in [-0.2, -0.15) is 15.8 Å². The number of alkyl carbamates (subject to hydrolysis) is 1. The molecule has 0 saturated heterocycles. The Morgan fingerprint density at radius 3 is 2.16 bits per heavy atom. The Morgan fingerprint density at radius 1 is 1.02 bits per heavy atom. The van der Waals surface area contributed by atoms with Crippen molar-refractivity contribution in [3.63, 3.8) is 0 Å². The Labute approximate surface area is 255 Å². The number of amides is 1. The van der Waals surface area contributed by atoms with Gasteiger partial charge < -0.3 is 33.0 Å². The first-order valence-corrected chi connectivity index (χ1v) is 16.2. The third-order valence-corrected chi connectivity index (χ3v) is 9.67. The molecule has 1 aliphatic heterocycles. The standard InChI is InChI=1S/C31H41N5O6Si/c1-7-39-43(40-8-2,41-9-3)20-10-17-35-30(37)38-19-18-36(6)26-14-11-24(12-15-26)13-16-28-27(23-34)29(25(21-32)22-33)42-31(28,4)5/h11-16H,7-10,17-20H2,1-6H3,(H,35,37)/b16-13+. The van der Waals surface area contributed by atoms with E-state index in [1.807, 2.05) is 63.1 Å². The number of likely N-dealkylation sites (N-methyl/N-ethyl adjacent to an activating group) is 1.